The molecule has 3 aromatic carbocycles. The van der Waals surface area contributed by atoms with E-state index in [-0.39, 0.29) is 24.3 Å². The minimum atomic E-state index is -0.310. The Labute approximate surface area is 162 Å². The van der Waals surface area contributed by atoms with Crippen LogP contribution in [0, 0.1) is 6.92 Å². The quantitative estimate of drug-likeness (QED) is 0.705. The number of amides is 3. The minimum absolute atomic E-state index is 0.123. The first-order valence-electron chi connectivity index (χ1n) is 8.96. The molecule has 5 nitrogen and oxygen atoms in total. The van der Waals surface area contributed by atoms with Crippen LogP contribution in [0.25, 0.3) is 0 Å². The van der Waals surface area contributed by atoms with E-state index in [1.165, 1.54) is 4.90 Å². The first-order valence-corrected chi connectivity index (χ1v) is 8.96. The summed E-state index contributed by atoms with van der Waals surface area (Å²) in [6.45, 7) is 2.05. The van der Waals surface area contributed by atoms with Crippen molar-refractivity contribution in [1.29, 1.82) is 0 Å². The summed E-state index contributed by atoms with van der Waals surface area (Å²) in [5.74, 6) is -0.857. The maximum atomic E-state index is 12.6. The van der Waals surface area contributed by atoms with E-state index in [4.69, 9.17) is 0 Å². The predicted molar refractivity (Wildman–Crippen MR) is 106 cm³/mol. The van der Waals surface area contributed by atoms with Crippen molar-refractivity contribution in [3.8, 4) is 0 Å². The van der Waals surface area contributed by atoms with Crippen LogP contribution in [0.4, 0.5) is 5.69 Å². The third-order valence-electron chi connectivity index (χ3n) is 4.80. The van der Waals surface area contributed by atoms with Crippen LogP contribution in [0.15, 0.2) is 72.8 Å². The van der Waals surface area contributed by atoms with Gasteiger partial charge in [0.1, 0.15) is 0 Å². The highest BCUT2D eigenvalue weighted by molar-refractivity contribution is 6.21. The molecule has 0 atom stereocenters. The number of nitrogens with zero attached hydrogens (tertiary/aromatic N) is 1. The Kier molecular flexibility index (Phi) is 4.49. The minimum Gasteiger partial charge on any atom is -0.322 e. The third kappa shape index (κ3) is 3.18. The van der Waals surface area contributed by atoms with Gasteiger partial charge < -0.3 is 5.32 Å². The highest BCUT2D eigenvalue weighted by atomic mass is 16.2. The van der Waals surface area contributed by atoms with E-state index in [2.05, 4.69) is 5.32 Å². The van der Waals surface area contributed by atoms with E-state index in [9.17, 15) is 14.4 Å². The summed E-state index contributed by atoms with van der Waals surface area (Å²) in [5.41, 5.74) is 3.74. The van der Waals surface area contributed by atoms with Crippen molar-refractivity contribution in [2.24, 2.45) is 0 Å². The molecule has 0 saturated heterocycles. The molecule has 0 fully saturated rings. The number of nitrogens with one attached hydrogen (secondary N) is 1. The number of para-hydroxylation sites is 1. The average Bonchev–Trinajstić information content (AvgIpc) is 2.95. The Morgan fingerprint density at radius 1 is 0.857 bits per heavy atom. The highest BCUT2D eigenvalue weighted by Crippen LogP contribution is 2.24. The molecule has 5 heteroatoms. The summed E-state index contributed by atoms with van der Waals surface area (Å²) < 4.78 is 0. The van der Waals surface area contributed by atoms with E-state index in [1.54, 1.807) is 48.5 Å². The van der Waals surface area contributed by atoms with Crippen molar-refractivity contribution < 1.29 is 14.4 Å². The van der Waals surface area contributed by atoms with Crippen LogP contribution in [0.5, 0.6) is 0 Å². The number of anilines is 1. The second-order valence-corrected chi connectivity index (χ2v) is 6.71. The summed E-state index contributed by atoms with van der Waals surface area (Å²) >= 11 is 0. The lowest BCUT2D eigenvalue weighted by atomic mass is 10.1. The molecule has 0 aliphatic carbocycles. The lowest BCUT2D eigenvalue weighted by Gasteiger charge is -2.15. The average molecular weight is 370 g/mol. The molecule has 1 aliphatic heterocycles. The molecule has 138 valence electrons. The van der Waals surface area contributed by atoms with Crippen molar-refractivity contribution >= 4 is 23.4 Å². The molecular weight excluding hydrogens is 352 g/mol. The van der Waals surface area contributed by atoms with Crippen LogP contribution in [-0.2, 0) is 6.54 Å². The first-order chi connectivity index (χ1) is 13.5. The Bertz CT molecular complexity index is 1070. The monoisotopic (exact) mass is 370 g/mol. The lowest BCUT2D eigenvalue weighted by molar-refractivity contribution is 0.0642. The van der Waals surface area contributed by atoms with Gasteiger partial charge >= 0.3 is 0 Å². The number of benzene rings is 3. The molecule has 28 heavy (non-hydrogen) atoms. The molecule has 0 spiro atoms. The first kappa shape index (κ1) is 17.7. The summed E-state index contributed by atoms with van der Waals surface area (Å²) in [6.07, 6.45) is 0. The fourth-order valence-electron chi connectivity index (χ4n) is 3.28. The van der Waals surface area contributed by atoms with Crippen LogP contribution < -0.4 is 5.32 Å². The zero-order valence-electron chi connectivity index (χ0n) is 15.3. The van der Waals surface area contributed by atoms with Gasteiger partial charge in [-0.15, -0.1) is 0 Å². The summed E-state index contributed by atoms with van der Waals surface area (Å²) in [5, 5.41) is 2.89. The normalized spacial score (nSPS) is 12.8. The summed E-state index contributed by atoms with van der Waals surface area (Å²) in [7, 11) is 0. The highest BCUT2D eigenvalue weighted by Gasteiger charge is 2.34. The molecule has 0 radical (unpaired) electrons. The summed E-state index contributed by atoms with van der Waals surface area (Å²) in [6, 6.07) is 21.3. The Morgan fingerprint density at radius 3 is 2.18 bits per heavy atom. The van der Waals surface area contributed by atoms with Crippen molar-refractivity contribution in [2.45, 2.75) is 13.5 Å². The van der Waals surface area contributed by atoms with Gasteiger partial charge in [0.05, 0.1) is 17.7 Å². The van der Waals surface area contributed by atoms with Gasteiger partial charge in [-0.25, -0.2) is 0 Å². The number of aryl methyl sites for hydroxylation is 1. The van der Waals surface area contributed by atoms with Gasteiger partial charge in [-0.05, 0) is 48.4 Å². The molecular formula is C23H18N2O3. The largest absolute Gasteiger partial charge is 0.322 e. The Balaban J connectivity index is 1.54. The topological polar surface area (TPSA) is 66.5 Å². The van der Waals surface area contributed by atoms with Gasteiger partial charge in [-0.1, -0.05) is 42.5 Å². The molecule has 1 N–H and O–H groups in total. The van der Waals surface area contributed by atoms with Gasteiger partial charge in [-0.3, -0.25) is 19.3 Å². The number of fused-ring (bicyclic) bond motifs is 1. The number of imide groups is 1. The Hall–Kier alpha value is -3.73. The van der Waals surface area contributed by atoms with E-state index in [1.807, 2.05) is 31.2 Å². The van der Waals surface area contributed by atoms with E-state index in [0.717, 1.165) is 11.3 Å². The molecule has 3 amide bonds. The van der Waals surface area contributed by atoms with Crippen molar-refractivity contribution in [1.82, 2.24) is 4.90 Å². The fraction of sp³-hybridized carbons (Fsp3) is 0.0870. The second kappa shape index (κ2) is 7.12. The molecule has 0 unspecified atom stereocenters. The number of hydrogen-bond donors (Lipinski definition) is 1. The smallest absolute Gasteiger partial charge is 0.261 e. The zero-order valence-corrected chi connectivity index (χ0v) is 15.3. The number of rotatable bonds is 4. The number of carbonyl (C=O) groups excluding carboxylic acids is 3. The van der Waals surface area contributed by atoms with Crippen LogP contribution in [0.1, 0.15) is 42.2 Å². The molecule has 1 aliphatic rings. The van der Waals surface area contributed by atoms with Crippen LogP contribution >= 0.6 is 0 Å². The SMILES string of the molecule is Cc1ccccc1NC(=O)c1cccc(CN2C(=O)c3ccccc3C2=O)c1. The molecule has 0 saturated carbocycles. The molecule has 3 aromatic rings. The number of hydrogen-bond acceptors (Lipinski definition) is 3. The van der Waals surface area contributed by atoms with Gasteiger partial charge in [0.15, 0.2) is 0 Å². The van der Waals surface area contributed by atoms with Gasteiger partial charge in [0.25, 0.3) is 17.7 Å². The van der Waals surface area contributed by atoms with E-state index in [0.29, 0.717) is 22.3 Å². The van der Waals surface area contributed by atoms with Crippen LogP contribution in [0.2, 0.25) is 0 Å². The maximum absolute atomic E-state index is 12.6. The van der Waals surface area contributed by atoms with Gasteiger partial charge in [0, 0.05) is 11.3 Å². The standard InChI is InChI=1S/C23H18N2O3/c1-15-7-2-5-12-20(15)24-21(26)17-9-6-8-16(13-17)14-25-22(27)18-10-3-4-11-19(18)23(25)28/h2-13H,14H2,1H3,(H,24,26). The van der Waals surface area contributed by atoms with Crippen molar-refractivity contribution in [3.63, 3.8) is 0 Å². The van der Waals surface area contributed by atoms with Crippen molar-refractivity contribution in [3.05, 3.63) is 101 Å². The molecule has 0 aromatic heterocycles. The summed E-state index contributed by atoms with van der Waals surface area (Å²) in [4.78, 5) is 38.9. The fourth-order valence-corrected chi connectivity index (χ4v) is 3.28. The molecule has 1 heterocycles. The molecule has 0 bridgehead atoms. The van der Waals surface area contributed by atoms with Crippen LogP contribution in [0.3, 0.4) is 0 Å². The predicted octanol–water partition coefficient (Wildman–Crippen LogP) is 4.04. The maximum Gasteiger partial charge on any atom is 0.261 e. The van der Waals surface area contributed by atoms with Gasteiger partial charge in [-0.2, -0.15) is 0 Å². The zero-order chi connectivity index (χ0) is 19.7. The van der Waals surface area contributed by atoms with Crippen molar-refractivity contribution in [2.75, 3.05) is 5.32 Å². The molecule has 4 rings (SSSR count). The number of carbonyl (C=O) groups is 3. The van der Waals surface area contributed by atoms with E-state index >= 15 is 0 Å². The second-order valence-electron chi connectivity index (χ2n) is 6.71. The Morgan fingerprint density at radius 2 is 1.50 bits per heavy atom. The van der Waals surface area contributed by atoms with Gasteiger partial charge in [0.2, 0.25) is 0 Å². The third-order valence-corrected chi connectivity index (χ3v) is 4.80. The van der Waals surface area contributed by atoms with Crippen LogP contribution in [-0.4, -0.2) is 22.6 Å². The van der Waals surface area contributed by atoms with E-state index < -0.39 is 0 Å². The lowest BCUT2D eigenvalue weighted by Crippen LogP contribution is -2.29.